The molecule has 0 bridgehead atoms. The van der Waals surface area contributed by atoms with E-state index in [-0.39, 0.29) is 5.69 Å². The lowest BCUT2D eigenvalue weighted by Crippen LogP contribution is -2.03. The van der Waals surface area contributed by atoms with Gasteiger partial charge >= 0.3 is 0 Å². The van der Waals surface area contributed by atoms with Crippen molar-refractivity contribution < 1.29 is 4.92 Å². The summed E-state index contributed by atoms with van der Waals surface area (Å²) >= 11 is 9.43. The third-order valence-corrected chi connectivity index (χ3v) is 3.69. The molecule has 6 heteroatoms. The highest BCUT2D eigenvalue weighted by Gasteiger charge is 2.16. The first-order valence-corrected chi connectivity index (χ1v) is 6.67. The normalized spacial score (nSPS) is 10.2. The Kier molecular flexibility index (Phi) is 4.39. The molecule has 0 spiro atoms. The highest BCUT2D eigenvalue weighted by atomic mass is 79.9. The lowest BCUT2D eigenvalue weighted by atomic mass is 10.2. The molecule has 0 unspecified atom stereocenters. The predicted molar refractivity (Wildman–Crippen MR) is 79.6 cm³/mol. The minimum atomic E-state index is -0.450. The molecule has 0 aliphatic heterocycles. The van der Waals surface area contributed by atoms with E-state index in [0.717, 1.165) is 10.0 Å². The van der Waals surface area contributed by atoms with Crippen LogP contribution in [0.3, 0.4) is 0 Å². The first-order chi connectivity index (χ1) is 9.09. The molecule has 2 rings (SSSR count). The number of rotatable bonds is 4. The van der Waals surface area contributed by atoms with E-state index in [4.69, 9.17) is 11.6 Å². The van der Waals surface area contributed by atoms with E-state index in [0.29, 0.717) is 17.3 Å². The van der Waals surface area contributed by atoms with Gasteiger partial charge in [-0.05, 0) is 17.7 Å². The lowest BCUT2D eigenvalue weighted by molar-refractivity contribution is -0.383. The van der Waals surface area contributed by atoms with Gasteiger partial charge in [-0.2, -0.15) is 0 Å². The van der Waals surface area contributed by atoms with Gasteiger partial charge in [0.2, 0.25) is 0 Å². The van der Waals surface area contributed by atoms with Gasteiger partial charge in [0, 0.05) is 17.1 Å². The van der Waals surface area contributed by atoms with Crippen LogP contribution in [0, 0.1) is 10.1 Å². The number of benzene rings is 2. The molecule has 0 radical (unpaired) electrons. The van der Waals surface area contributed by atoms with Gasteiger partial charge in [-0.15, -0.1) is 0 Å². The molecule has 0 fully saturated rings. The summed E-state index contributed by atoms with van der Waals surface area (Å²) in [6.07, 6.45) is 0. The van der Waals surface area contributed by atoms with Crippen molar-refractivity contribution in [3.8, 4) is 0 Å². The highest BCUT2D eigenvalue weighted by molar-refractivity contribution is 9.10. The summed E-state index contributed by atoms with van der Waals surface area (Å²) in [6, 6.07) is 12.3. The maximum Gasteiger partial charge on any atom is 0.293 e. The molecule has 0 saturated heterocycles. The topological polar surface area (TPSA) is 55.2 Å². The van der Waals surface area contributed by atoms with Crippen LogP contribution >= 0.6 is 27.5 Å². The smallest absolute Gasteiger partial charge is 0.293 e. The number of para-hydroxylation sites is 1. The van der Waals surface area contributed by atoms with Gasteiger partial charge in [-0.3, -0.25) is 10.1 Å². The fourth-order valence-corrected chi connectivity index (χ4v) is 2.33. The van der Waals surface area contributed by atoms with Gasteiger partial charge < -0.3 is 5.32 Å². The average molecular weight is 342 g/mol. The zero-order chi connectivity index (χ0) is 13.8. The number of nitrogens with zero attached hydrogens (tertiary/aromatic N) is 1. The SMILES string of the molecule is O=[N+]([O-])c1cccc(Cl)c1NCc1ccccc1Br. The van der Waals surface area contributed by atoms with Crippen LogP contribution in [-0.2, 0) is 6.54 Å². The molecule has 19 heavy (non-hydrogen) atoms. The van der Waals surface area contributed by atoms with Crippen molar-refractivity contribution in [1.82, 2.24) is 0 Å². The molecule has 0 aromatic heterocycles. The molecular formula is C13H10BrClN2O2. The van der Waals surface area contributed by atoms with E-state index < -0.39 is 4.92 Å². The Hall–Kier alpha value is -1.59. The van der Waals surface area contributed by atoms with E-state index >= 15 is 0 Å². The van der Waals surface area contributed by atoms with Crippen molar-refractivity contribution in [2.24, 2.45) is 0 Å². The molecule has 0 amide bonds. The van der Waals surface area contributed by atoms with Gasteiger partial charge in [0.25, 0.3) is 5.69 Å². The van der Waals surface area contributed by atoms with Gasteiger partial charge in [0.15, 0.2) is 0 Å². The first kappa shape index (κ1) is 13.8. The van der Waals surface area contributed by atoms with Gasteiger partial charge in [-0.25, -0.2) is 0 Å². The molecule has 0 aliphatic rings. The summed E-state index contributed by atoms with van der Waals surface area (Å²) in [5, 5.41) is 14.3. The Bertz CT molecular complexity index is 619. The minimum absolute atomic E-state index is 0.0282. The van der Waals surface area contributed by atoms with Crippen LogP contribution in [0.15, 0.2) is 46.9 Å². The number of halogens is 2. The summed E-state index contributed by atoms with van der Waals surface area (Å²) in [6.45, 7) is 0.450. The van der Waals surface area contributed by atoms with Crippen molar-refractivity contribution in [1.29, 1.82) is 0 Å². The van der Waals surface area contributed by atoms with E-state index in [1.165, 1.54) is 6.07 Å². The van der Waals surface area contributed by atoms with Gasteiger partial charge in [0.05, 0.1) is 9.95 Å². The van der Waals surface area contributed by atoms with Gasteiger partial charge in [-0.1, -0.05) is 51.8 Å². The molecule has 2 aromatic rings. The van der Waals surface area contributed by atoms with Crippen LogP contribution in [0.2, 0.25) is 5.02 Å². The first-order valence-electron chi connectivity index (χ1n) is 5.50. The standard InChI is InChI=1S/C13H10BrClN2O2/c14-10-5-2-1-4-9(10)8-16-13-11(15)6-3-7-12(13)17(18)19/h1-7,16H,8H2. The van der Waals surface area contributed by atoms with Crippen molar-refractivity contribution in [3.63, 3.8) is 0 Å². The van der Waals surface area contributed by atoms with E-state index in [1.807, 2.05) is 24.3 Å². The van der Waals surface area contributed by atoms with Crippen molar-refractivity contribution in [2.75, 3.05) is 5.32 Å². The second-order valence-corrected chi connectivity index (χ2v) is 5.10. The fourth-order valence-electron chi connectivity index (χ4n) is 1.67. The van der Waals surface area contributed by atoms with Crippen LogP contribution in [0.4, 0.5) is 11.4 Å². The molecule has 0 saturated carbocycles. The van der Waals surface area contributed by atoms with E-state index in [2.05, 4.69) is 21.2 Å². The van der Waals surface area contributed by atoms with Crippen LogP contribution in [0.25, 0.3) is 0 Å². The number of nitro groups is 1. The van der Waals surface area contributed by atoms with Crippen LogP contribution < -0.4 is 5.32 Å². The van der Waals surface area contributed by atoms with E-state index in [1.54, 1.807) is 12.1 Å². The number of nitro benzene ring substituents is 1. The third kappa shape index (κ3) is 3.24. The average Bonchev–Trinajstić information content (AvgIpc) is 2.38. The number of nitrogens with one attached hydrogen (secondary N) is 1. The number of anilines is 1. The summed E-state index contributed by atoms with van der Waals surface area (Å²) < 4.78 is 0.942. The molecule has 4 nitrogen and oxygen atoms in total. The third-order valence-electron chi connectivity index (χ3n) is 2.60. The minimum Gasteiger partial charge on any atom is -0.374 e. The number of hydrogen-bond donors (Lipinski definition) is 1. The zero-order valence-corrected chi connectivity index (χ0v) is 12.1. The molecule has 98 valence electrons. The second-order valence-electron chi connectivity index (χ2n) is 3.84. The number of hydrogen-bond acceptors (Lipinski definition) is 3. The second kappa shape index (κ2) is 6.04. The Balaban J connectivity index is 2.25. The Morgan fingerprint density at radius 2 is 1.95 bits per heavy atom. The Morgan fingerprint density at radius 1 is 1.21 bits per heavy atom. The van der Waals surface area contributed by atoms with Crippen LogP contribution in [-0.4, -0.2) is 4.92 Å². The summed E-state index contributed by atoms with van der Waals surface area (Å²) in [5.41, 5.74) is 1.31. The van der Waals surface area contributed by atoms with Crippen LogP contribution in [0.1, 0.15) is 5.56 Å². The summed E-state index contributed by atoms with van der Waals surface area (Å²) in [4.78, 5) is 10.5. The predicted octanol–water partition coefficient (Wildman–Crippen LogP) is 4.62. The molecule has 1 N–H and O–H groups in total. The van der Waals surface area contributed by atoms with E-state index in [9.17, 15) is 10.1 Å². The molecule has 0 atom stereocenters. The summed E-state index contributed by atoms with van der Waals surface area (Å²) in [5.74, 6) is 0. The van der Waals surface area contributed by atoms with Gasteiger partial charge in [0.1, 0.15) is 5.69 Å². The fraction of sp³-hybridized carbons (Fsp3) is 0.0769. The Labute approximate surface area is 123 Å². The lowest BCUT2D eigenvalue weighted by Gasteiger charge is -2.10. The van der Waals surface area contributed by atoms with Crippen molar-refractivity contribution in [2.45, 2.75) is 6.54 Å². The molecule has 0 heterocycles. The molecule has 0 aliphatic carbocycles. The monoisotopic (exact) mass is 340 g/mol. The maximum absolute atomic E-state index is 10.9. The van der Waals surface area contributed by atoms with Crippen LogP contribution in [0.5, 0.6) is 0 Å². The molecular weight excluding hydrogens is 332 g/mol. The Morgan fingerprint density at radius 3 is 2.63 bits per heavy atom. The zero-order valence-electron chi connectivity index (χ0n) is 9.77. The van der Waals surface area contributed by atoms with Crippen molar-refractivity contribution in [3.05, 3.63) is 67.6 Å². The largest absolute Gasteiger partial charge is 0.374 e. The molecule has 2 aromatic carbocycles. The maximum atomic E-state index is 10.9. The van der Waals surface area contributed by atoms with Crippen molar-refractivity contribution >= 4 is 38.9 Å². The highest BCUT2D eigenvalue weighted by Crippen LogP contribution is 2.32. The quantitative estimate of drug-likeness (QED) is 0.652. The summed E-state index contributed by atoms with van der Waals surface area (Å²) in [7, 11) is 0.